The van der Waals surface area contributed by atoms with Crippen LogP contribution in [0.1, 0.15) is 37.2 Å². The van der Waals surface area contributed by atoms with E-state index in [0.29, 0.717) is 18.0 Å². The minimum Gasteiger partial charge on any atom is -0.295 e. The van der Waals surface area contributed by atoms with E-state index in [1.807, 2.05) is 27.9 Å². The molecule has 0 N–H and O–H groups in total. The Morgan fingerprint density at radius 1 is 1.12 bits per heavy atom. The van der Waals surface area contributed by atoms with Crippen LogP contribution in [0.5, 0.6) is 0 Å². The minimum atomic E-state index is -2.92. The Morgan fingerprint density at radius 2 is 1.91 bits per heavy atom. The number of fused-ring (bicyclic) bond motifs is 1. The number of nitrogens with zero attached hydrogens (tertiary/aromatic N) is 5. The van der Waals surface area contributed by atoms with E-state index in [4.69, 9.17) is 11.6 Å². The van der Waals surface area contributed by atoms with Crippen LogP contribution < -0.4 is 0 Å². The van der Waals surface area contributed by atoms with Gasteiger partial charge in [-0.1, -0.05) is 11.6 Å². The Labute approximate surface area is 196 Å². The first-order valence-electron chi connectivity index (χ1n) is 11.6. The molecule has 10 heteroatoms. The lowest BCUT2D eigenvalue weighted by Crippen LogP contribution is -2.59. The second kappa shape index (κ2) is 6.79. The molecule has 0 radical (unpaired) electrons. The van der Waals surface area contributed by atoms with Crippen LogP contribution in [-0.4, -0.2) is 69.7 Å². The Hall–Kier alpha value is -1.97. The van der Waals surface area contributed by atoms with E-state index in [-0.39, 0.29) is 35.5 Å². The van der Waals surface area contributed by atoms with Gasteiger partial charge in [0.2, 0.25) is 0 Å². The Bertz CT molecular complexity index is 1360. The van der Waals surface area contributed by atoms with E-state index in [0.717, 1.165) is 28.1 Å². The smallest absolute Gasteiger partial charge is 0.153 e. The van der Waals surface area contributed by atoms with E-state index in [2.05, 4.69) is 21.1 Å². The second-order valence-electron chi connectivity index (χ2n) is 10.5. The van der Waals surface area contributed by atoms with Crippen LogP contribution in [0.15, 0.2) is 30.7 Å². The van der Waals surface area contributed by atoms with Gasteiger partial charge in [0.05, 0.1) is 41.2 Å². The molecule has 3 aromatic rings. The number of hydrogen-bond acceptors (Lipinski definition) is 5. The van der Waals surface area contributed by atoms with Crippen LogP contribution in [0.2, 0.25) is 5.02 Å². The second-order valence-corrected chi connectivity index (χ2v) is 13.0. The molecule has 0 amide bonds. The number of likely N-dealkylation sites (tertiary alicyclic amines) is 1. The molecule has 2 aliphatic heterocycles. The van der Waals surface area contributed by atoms with E-state index >= 15 is 4.39 Å². The van der Waals surface area contributed by atoms with E-state index in [1.165, 1.54) is 19.3 Å². The molecule has 3 aliphatic carbocycles. The zero-order chi connectivity index (χ0) is 22.5. The van der Waals surface area contributed by atoms with Crippen LogP contribution in [-0.2, 0) is 15.4 Å². The summed E-state index contributed by atoms with van der Waals surface area (Å²) in [6.45, 7) is 0.920. The summed E-state index contributed by atoms with van der Waals surface area (Å²) in [5.41, 5.74) is 2.81. The largest absolute Gasteiger partial charge is 0.295 e. The van der Waals surface area contributed by atoms with Crippen molar-refractivity contribution in [2.45, 2.75) is 49.4 Å². The number of sulfone groups is 1. The summed E-state index contributed by atoms with van der Waals surface area (Å²) in [5.74, 6) is 0.848. The number of rotatable bonds is 4. The van der Waals surface area contributed by atoms with Crippen molar-refractivity contribution in [3.63, 3.8) is 0 Å². The third kappa shape index (κ3) is 3.04. The van der Waals surface area contributed by atoms with Gasteiger partial charge in [-0.25, -0.2) is 17.5 Å². The van der Waals surface area contributed by atoms with Gasteiger partial charge in [0.15, 0.2) is 9.84 Å². The van der Waals surface area contributed by atoms with Crippen molar-refractivity contribution < 1.29 is 12.8 Å². The molecule has 7 nitrogen and oxygen atoms in total. The molecule has 5 aliphatic rings. The van der Waals surface area contributed by atoms with Crippen molar-refractivity contribution in [3.05, 3.63) is 41.3 Å². The van der Waals surface area contributed by atoms with E-state index < -0.39 is 16.0 Å². The normalized spacial score (nSPS) is 33.5. The van der Waals surface area contributed by atoms with Crippen molar-refractivity contribution in [1.29, 1.82) is 0 Å². The number of aromatic nitrogens is 4. The number of piperidine rings is 1. The molecule has 174 valence electrons. The molecule has 2 aromatic heterocycles. The van der Waals surface area contributed by atoms with Gasteiger partial charge in [-0.15, -0.1) is 0 Å². The lowest BCUT2D eigenvalue weighted by atomic mass is 9.50. The first-order valence-corrected chi connectivity index (χ1v) is 13.8. The van der Waals surface area contributed by atoms with Crippen LogP contribution in [0.4, 0.5) is 4.39 Å². The number of benzene rings is 1. The van der Waals surface area contributed by atoms with Crippen molar-refractivity contribution in [2.75, 3.05) is 24.6 Å². The third-order valence-electron chi connectivity index (χ3n) is 8.37. The quantitative estimate of drug-likeness (QED) is 0.562. The lowest BCUT2D eigenvalue weighted by molar-refractivity contribution is -0.0977. The van der Waals surface area contributed by atoms with Gasteiger partial charge in [0.1, 0.15) is 11.9 Å². The summed E-state index contributed by atoms with van der Waals surface area (Å²) in [6, 6.07) is 3.80. The molecule has 0 spiro atoms. The highest BCUT2D eigenvalue weighted by Gasteiger charge is 2.58. The first kappa shape index (κ1) is 20.4. The Kier molecular flexibility index (Phi) is 4.20. The van der Waals surface area contributed by atoms with Crippen molar-refractivity contribution in [1.82, 2.24) is 24.5 Å². The molecule has 2 bridgehead atoms. The summed E-state index contributed by atoms with van der Waals surface area (Å²) < 4.78 is 42.3. The average molecular weight is 490 g/mol. The highest BCUT2D eigenvalue weighted by molar-refractivity contribution is 7.92. The Balaban J connectivity index is 1.17. The highest BCUT2D eigenvalue weighted by Crippen LogP contribution is 2.62. The van der Waals surface area contributed by atoms with Crippen LogP contribution in [0, 0.1) is 5.92 Å². The van der Waals surface area contributed by atoms with Gasteiger partial charge in [-0.2, -0.15) is 10.2 Å². The molecular weight excluding hydrogens is 465 g/mol. The molecule has 4 heterocycles. The SMILES string of the molecule is O=S1(=O)CC(N2CC[C@@H](c3cc4c(cnn4-c4cnn(C56CC(C5)C6)c4)cc3Cl)[C@@H](F)C2)C1. The Morgan fingerprint density at radius 3 is 2.58 bits per heavy atom. The lowest BCUT2D eigenvalue weighted by Gasteiger charge is -2.61. The van der Waals surface area contributed by atoms with Gasteiger partial charge in [0.25, 0.3) is 0 Å². The van der Waals surface area contributed by atoms with Gasteiger partial charge < -0.3 is 0 Å². The number of alkyl halides is 1. The summed E-state index contributed by atoms with van der Waals surface area (Å²) >= 11 is 6.61. The average Bonchev–Trinajstić information content (AvgIpc) is 3.30. The van der Waals surface area contributed by atoms with Gasteiger partial charge >= 0.3 is 0 Å². The van der Waals surface area contributed by atoms with Crippen molar-refractivity contribution in [2.24, 2.45) is 5.92 Å². The first-order chi connectivity index (χ1) is 15.8. The molecule has 2 saturated heterocycles. The molecule has 5 fully saturated rings. The number of hydrogen-bond donors (Lipinski definition) is 0. The fraction of sp³-hybridized carbons (Fsp3) is 0.565. The maximum Gasteiger partial charge on any atom is 0.153 e. The van der Waals surface area contributed by atoms with E-state index in [9.17, 15) is 8.42 Å². The topological polar surface area (TPSA) is 73.0 Å². The molecular formula is C23H25ClFN5O2S. The monoisotopic (exact) mass is 489 g/mol. The predicted octanol–water partition coefficient (Wildman–Crippen LogP) is 3.31. The van der Waals surface area contributed by atoms with Crippen LogP contribution in [0.3, 0.4) is 0 Å². The standard InChI is InChI=1S/C23H25ClFN5O2S/c24-20-3-15-8-27-30(16-9-26-29(10-16)23-5-14(6-23)7-23)22(15)4-19(20)18-1-2-28(11-21(18)25)17-12-33(31,32)13-17/h3-4,8-10,14,17-18,21H,1-2,5-7,11-13H2/t14?,18-,21-,23?/m0/s1. The molecule has 1 aromatic carbocycles. The third-order valence-corrected chi connectivity index (χ3v) is 10.5. The molecule has 8 rings (SSSR count). The van der Waals surface area contributed by atoms with Crippen LogP contribution in [0.25, 0.3) is 16.6 Å². The molecule has 3 saturated carbocycles. The molecule has 2 atom stereocenters. The van der Waals surface area contributed by atoms with Gasteiger partial charge in [-0.3, -0.25) is 9.58 Å². The van der Waals surface area contributed by atoms with Gasteiger partial charge in [-0.05, 0) is 55.8 Å². The predicted molar refractivity (Wildman–Crippen MR) is 123 cm³/mol. The maximum atomic E-state index is 15.3. The van der Waals surface area contributed by atoms with Crippen molar-refractivity contribution >= 4 is 32.3 Å². The maximum absolute atomic E-state index is 15.3. The van der Waals surface area contributed by atoms with Gasteiger partial charge in [0, 0.05) is 28.9 Å². The zero-order valence-corrected chi connectivity index (χ0v) is 19.6. The number of halogens is 2. The molecule has 0 unspecified atom stereocenters. The highest BCUT2D eigenvalue weighted by atomic mass is 35.5. The minimum absolute atomic E-state index is 0.0498. The molecule has 33 heavy (non-hydrogen) atoms. The van der Waals surface area contributed by atoms with E-state index in [1.54, 1.807) is 6.20 Å². The summed E-state index contributed by atoms with van der Waals surface area (Å²) in [4.78, 5) is 1.98. The fourth-order valence-electron chi connectivity index (χ4n) is 6.31. The van der Waals surface area contributed by atoms with Crippen LogP contribution >= 0.6 is 11.6 Å². The summed E-state index contributed by atoms with van der Waals surface area (Å²) in [7, 11) is -2.92. The summed E-state index contributed by atoms with van der Waals surface area (Å²) in [5, 5.41) is 10.7. The zero-order valence-electron chi connectivity index (χ0n) is 18.1. The van der Waals surface area contributed by atoms with Crippen molar-refractivity contribution in [3.8, 4) is 5.69 Å². The summed E-state index contributed by atoms with van der Waals surface area (Å²) in [6.07, 6.45) is 8.88. The fourth-order valence-corrected chi connectivity index (χ4v) is 8.11.